The van der Waals surface area contributed by atoms with Gasteiger partial charge < -0.3 is 15.6 Å². The van der Waals surface area contributed by atoms with Crippen LogP contribution in [0, 0.1) is 5.82 Å². The van der Waals surface area contributed by atoms with E-state index in [1.165, 1.54) is 12.1 Å². The van der Waals surface area contributed by atoms with Gasteiger partial charge in [-0.3, -0.25) is 9.78 Å². The minimum absolute atomic E-state index is 0.0365. The fraction of sp³-hybridized carbons (Fsp3) is 0.333. The Bertz CT molecular complexity index is 993. The molecule has 1 fully saturated rings. The third kappa shape index (κ3) is 4.01. The molecule has 6 heteroatoms. The number of hydrogen-bond acceptors (Lipinski definition) is 4. The van der Waals surface area contributed by atoms with Crippen molar-refractivity contribution in [3.8, 4) is 0 Å². The number of H-pyrrole nitrogens is 1. The van der Waals surface area contributed by atoms with Crippen LogP contribution in [0.2, 0.25) is 0 Å². The van der Waals surface area contributed by atoms with Crippen LogP contribution in [0.25, 0.3) is 11.0 Å². The van der Waals surface area contributed by atoms with Gasteiger partial charge in [0.15, 0.2) is 0 Å². The van der Waals surface area contributed by atoms with Crippen LogP contribution >= 0.6 is 0 Å². The van der Waals surface area contributed by atoms with Gasteiger partial charge in [-0.15, -0.1) is 0 Å². The molecule has 0 amide bonds. The van der Waals surface area contributed by atoms with Crippen molar-refractivity contribution in [2.45, 2.75) is 44.8 Å². The van der Waals surface area contributed by atoms with E-state index >= 15 is 0 Å². The van der Waals surface area contributed by atoms with Crippen molar-refractivity contribution in [2.75, 3.05) is 5.32 Å². The molecule has 1 aliphatic carbocycles. The SMILES string of the molecule is CCc1cc2ncc(CNC3CC(Nc4ccc(F)cc4)C3)cc2[nH]c1=O. The lowest BCUT2D eigenvalue weighted by atomic mass is 9.86. The quantitative estimate of drug-likeness (QED) is 0.626. The Morgan fingerprint density at radius 3 is 2.70 bits per heavy atom. The van der Waals surface area contributed by atoms with Gasteiger partial charge in [-0.25, -0.2) is 4.39 Å². The monoisotopic (exact) mass is 366 g/mol. The Kier molecular flexibility index (Phi) is 4.90. The van der Waals surface area contributed by atoms with Crippen molar-refractivity contribution in [1.82, 2.24) is 15.3 Å². The molecule has 5 nitrogen and oxygen atoms in total. The number of pyridine rings is 2. The molecular formula is C21H23FN4O. The van der Waals surface area contributed by atoms with E-state index in [1.807, 2.05) is 25.3 Å². The number of halogens is 1. The molecule has 0 bridgehead atoms. The van der Waals surface area contributed by atoms with Crippen molar-refractivity contribution < 1.29 is 4.39 Å². The van der Waals surface area contributed by atoms with E-state index in [9.17, 15) is 9.18 Å². The van der Waals surface area contributed by atoms with Crippen LogP contribution in [0.5, 0.6) is 0 Å². The lowest BCUT2D eigenvalue weighted by molar-refractivity contribution is 0.307. The second-order valence-electron chi connectivity index (χ2n) is 7.15. The largest absolute Gasteiger partial charge is 0.382 e. The summed E-state index contributed by atoms with van der Waals surface area (Å²) in [5.41, 5.74) is 4.33. The zero-order valence-corrected chi connectivity index (χ0v) is 15.3. The summed E-state index contributed by atoms with van der Waals surface area (Å²) in [6.07, 6.45) is 4.61. The summed E-state index contributed by atoms with van der Waals surface area (Å²) >= 11 is 0. The molecule has 2 heterocycles. The molecule has 0 radical (unpaired) electrons. The Morgan fingerprint density at radius 1 is 1.19 bits per heavy atom. The van der Waals surface area contributed by atoms with Crippen LogP contribution in [0.15, 0.2) is 47.4 Å². The highest BCUT2D eigenvalue weighted by Crippen LogP contribution is 2.25. The smallest absolute Gasteiger partial charge is 0.251 e. The van der Waals surface area contributed by atoms with Crippen molar-refractivity contribution in [2.24, 2.45) is 0 Å². The molecule has 0 spiro atoms. The van der Waals surface area contributed by atoms with E-state index in [0.717, 1.165) is 40.7 Å². The summed E-state index contributed by atoms with van der Waals surface area (Å²) in [5.74, 6) is -0.218. The third-order valence-electron chi connectivity index (χ3n) is 5.15. The van der Waals surface area contributed by atoms with Crippen LogP contribution in [0.1, 0.15) is 30.9 Å². The van der Waals surface area contributed by atoms with Crippen molar-refractivity contribution in [3.05, 3.63) is 69.9 Å². The molecule has 0 atom stereocenters. The number of anilines is 1. The first-order valence-electron chi connectivity index (χ1n) is 9.37. The van der Waals surface area contributed by atoms with Gasteiger partial charge in [0, 0.05) is 36.1 Å². The summed E-state index contributed by atoms with van der Waals surface area (Å²) in [4.78, 5) is 19.4. The van der Waals surface area contributed by atoms with Gasteiger partial charge in [0.2, 0.25) is 0 Å². The summed E-state index contributed by atoms with van der Waals surface area (Å²) < 4.78 is 12.9. The molecular weight excluding hydrogens is 343 g/mol. The van der Waals surface area contributed by atoms with E-state index in [4.69, 9.17) is 0 Å². The number of nitrogens with zero attached hydrogens (tertiary/aromatic N) is 1. The summed E-state index contributed by atoms with van der Waals surface area (Å²) in [6, 6.07) is 11.2. The van der Waals surface area contributed by atoms with Gasteiger partial charge in [-0.2, -0.15) is 0 Å². The first-order chi connectivity index (χ1) is 13.1. The average molecular weight is 366 g/mol. The number of rotatable bonds is 6. The van der Waals surface area contributed by atoms with Gasteiger partial charge in [0.25, 0.3) is 5.56 Å². The zero-order valence-electron chi connectivity index (χ0n) is 15.3. The standard InChI is InChI=1S/C21H23FN4O/c1-2-14-8-19-20(26-21(14)27)7-13(12-24-19)11-23-17-9-18(10-17)25-16-5-3-15(22)4-6-16/h3-8,12,17-18,23,25H,2,9-11H2,1H3,(H,26,27). The molecule has 1 saturated carbocycles. The van der Waals surface area contributed by atoms with Crippen LogP contribution < -0.4 is 16.2 Å². The second-order valence-corrected chi connectivity index (χ2v) is 7.15. The molecule has 140 valence electrons. The second kappa shape index (κ2) is 7.48. The van der Waals surface area contributed by atoms with Crippen LogP contribution in [-0.2, 0) is 13.0 Å². The van der Waals surface area contributed by atoms with E-state index in [0.29, 0.717) is 25.0 Å². The predicted octanol–water partition coefficient (Wildman–Crippen LogP) is 3.36. The fourth-order valence-corrected chi connectivity index (χ4v) is 3.47. The number of hydrogen-bond donors (Lipinski definition) is 3. The molecule has 0 unspecified atom stereocenters. The highest BCUT2D eigenvalue weighted by Gasteiger charge is 2.28. The highest BCUT2D eigenvalue weighted by atomic mass is 19.1. The lowest BCUT2D eigenvalue weighted by Crippen LogP contribution is -2.47. The maximum absolute atomic E-state index is 12.9. The van der Waals surface area contributed by atoms with E-state index in [2.05, 4.69) is 20.6 Å². The summed E-state index contributed by atoms with van der Waals surface area (Å²) in [7, 11) is 0. The average Bonchev–Trinajstić information content (AvgIpc) is 2.64. The number of aromatic amines is 1. The third-order valence-corrected chi connectivity index (χ3v) is 5.15. The maximum atomic E-state index is 12.9. The number of benzene rings is 1. The Morgan fingerprint density at radius 2 is 1.96 bits per heavy atom. The molecule has 1 aromatic carbocycles. The van der Waals surface area contributed by atoms with E-state index < -0.39 is 0 Å². The molecule has 2 aromatic heterocycles. The van der Waals surface area contributed by atoms with Gasteiger partial charge in [0.1, 0.15) is 5.82 Å². The molecule has 1 aliphatic rings. The summed E-state index contributed by atoms with van der Waals surface area (Å²) in [6.45, 7) is 2.68. The predicted molar refractivity (Wildman–Crippen MR) is 105 cm³/mol. The molecule has 3 N–H and O–H groups in total. The summed E-state index contributed by atoms with van der Waals surface area (Å²) in [5, 5.41) is 6.95. The number of aryl methyl sites for hydroxylation is 1. The topological polar surface area (TPSA) is 69.8 Å². The molecule has 3 aromatic rings. The van der Waals surface area contributed by atoms with E-state index in [1.54, 1.807) is 12.1 Å². The lowest BCUT2D eigenvalue weighted by Gasteiger charge is -2.37. The normalized spacial score (nSPS) is 19.0. The van der Waals surface area contributed by atoms with Gasteiger partial charge >= 0.3 is 0 Å². The number of fused-ring (bicyclic) bond motifs is 1. The van der Waals surface area contributed by atoms with E-state index in [-0.39, 0.29) is 11.4 Å². The molecule has 0 saturated heterocycles. The highest BCUT2D eigenvalue weighted by molar-refractivity contribution is 5.74. The minimum atomic E-state index is -0.218. The first kappa shape index (κ1) is 17.7. The van der Waals surface area contributed by atoms with Crippen LogP contribution in [-0.4, -0.2) is 22.1 Å². The van der Waals surface area contributed by atoms with Gasteiger partial charge in [-0.05, 0) is 61.2 Å². The van der Waals surface area contributed by atoms with Crippen molar-refractivity contribution >= 4 is 16.7 Å². The van der Waals surface area contributed by atoms with Crippen LogP contribution in [0.4, 0.5) is 10.1 Å². The number of nitrogens with one attached hydrogen (secondary N) is 3. The minimum Gasteiger partial charge on any atom is -0.382 e. The van der Waals surface area contributed by atoms with Gasteiger partial charge in [-0.1, -0.05) is 6.92 Å². The number of aromatic nitrogens is 2. The van der Waals surface area contributed by atoms with Gasteiger partial charge in [0.05, 0.1) is 11.0 Å². The molecule has 0 aliphatic heterocycles. The zero-order chi connectivity index (χ0) is 18.8. The fourth-order valence-electron chi connectivity index (χ4n) is 3.47. The Balaban J connectivity index is 1.31. The van der Waals surface area contributed by atoms with Crippen molar-refractivity contribution in [3.63, 3.8) is 0 Å². The molecule has 27 heavy (non-hydrogen) atoms. The van der Waals surface area contributed by atoms with Crippen LogP contribution in [0.3, 0.4) is 0 Å². The first-order valence-corrected chi connectivity index (χ1v) is 9.37. The Labute approximate surface area is 157 Å². The maximum Gasteiger partial charge on any atom is 0.251 e. The molecule has 4 rings (SSSR count). The van der Waals surface area contributed by atoms with Crippen molar-refractivity contribution in [1.29, 1.82) is 0 Å². The Hall–Kier alpha value is -2.73.